The third kappa shape index (κ3) is 2.82. The summed E-state index contributed by atoms with van der Waals surface area (Å²) >= 11 is 0. The van der Waals surface area contributed by atoms with Crippen molar-refractivity contribution < 1.29 is 5.11 Å². The Balaban J connectivity index is 2.03. The third-order valence-electron chi connectivity index (χ3n) is 3.49. The molecule has 1 N–H and O–H groups in total. The molecule has 1 aliphatic carbocycles. The lowest BCUT2D eigenvalue weighted by Crippen LogP contribution is -2.11. The lowest BCUT2D eigenvalue weighted by Gasteiger charge is -2.21. The van der Waals surface area contributed by atoms with Crippen LogP contribution in [0, 0.1) is 5.92 Å². The average Bonchev–Trinajstić information content (AvgIpc) is 2.58. The Morgan fingerprint density at radius 1 is 0.933 bits per heavy atom. The van der Waals surface area contributed by atoms with Crippen LogP contribution in [0.25, 0.3) is 0 Å². The molecule has 0 saturated heterocycles. The highest BCUT2D eigenvalue weighted by molar-refractivity contribution is 5.17. The molecule has 1 heteroatoms. The summed E-state index contributed by atoms with van der Waals surface area (Å²) in [6.45, 7) is 0. The molecule has 1 atom stereocenters. The lowest BCUT2D eigenvalue weighted by molar-refractivity contribution is 0.0988. The standard InChI is InChI=1S/C14H20O/c15-14(13-10-6-3-7-11-13)12-8-4-1-2-5-9-12/h3,6-7,10-12,14-15H,1-2,4-5,8-9H2/t14-/m1/s1. The molecule has 0 aromatic heterocycles. The van der Waals surface area contributed by atoms with Crippen LogP contribution < -0.4 is 0 Å². The van der Waals surface area contributed by atoms with Crippen molar-refractivity contribution in [2.24, 2.45) is 5.92 Å². The Morgan fingerprint density at radius 3 is 2.13 bits per heavy atom. The van der Waals surface area contributed by atoms with Crippen molar-refractivity contribution in [1.82, 2.24) is 0 Å². The predicted molar refractivity (Wildman–Crippen MR) is 62.6 cm³/mol. The van der Waals surface area contributed by atoms with Gasteiger partial charge in [0, 0.05) is 0 Å². The van der Waals surface area contributed by atoms with Crippen LogP contribution in [0.4, 0.5) is 0 Å². The molecule has 15 heavy (non-hydrogen) atoms. The molecule has 0 aliphatic heterocycles. The van der Waals surface area contributed by atoms with Crippen molar-refractivity contribution in [2.45, 2.75) is 44.6 Å². The van der Waals surface area contributed by atoms with Crippen LogP contribution in [0.2, 0.25) is 0 Å². The largest absolute Gasteiger partial charge is 0.388 e. The molecular formula is C14H20O. The molecule has 0 radical (unpaired) electrons. The first-order valence-corrected chi connectivity index (χ1v) is 6.11. The maximum atomic E-state index is 10.3. The molecule has 1 aliphatic rings. The second-order valence-electron chi connectivity index (χ2n) is 4.61. The number of hydrogen-bond acceptors (Lipinski definition) is 1. The Bertz CT molecular complexity index is 273. The van der Waals surface area contributed by atoms with Gasteiger partial charge in [-0.1, -0.05) is 56.0 Å². The quantitative estimate of drug-likeness (QED) is 0.728. The van der Waals surface area contributed by atoms with Crippen LogP contribution in [0.5, 0.6) is 0 Å². The highest BCUT2D eigenvalue weighted by atomic mass is 16.3. The number of aliphatic hydroxyl groups excluding tert-OH is 1. The fraction of sp³-hybridized carbons (Fsp3) is 0.571. The molecule has 2 rings (SSSR count). The van der Waals surface area contributed by atoms with Gasteiger partial charge in [0.15, 0.2) is 0 Å². The maximum Gasteiger partial charge on any atom is 0.0818 e. The van der Waals surface area contributed by atoms with Crippen LogP contribution in [-0.4, -0.2) is 5.11 Å². The predicted octanol–water partition coefficient (Wildman–Crippen LogP) is 3.69. The highest BCUT2D eigenvalue weighted by Gasteiger charge is 2.21. The average molecular weight is 204 g/mol. The van der Waals surface area contributed by atoms with Crippen LogP contribution in [-0.2, 0) is 0 Å². The summed E-state index contributed by atoms with van der Waals surface area (Å²) < 4.78 is 0. The molecule has 82 valence electrons. The van der Waals surface area contributed by atoms with Crippen molar-refractivity contribution in [2.75, 3.05) is 0 Å². The van der Waals surface area contributed by atoms with Crippen molar-refractivity contribution in [3.05, 3.63) is 35.9 Å². The van der Waals surface area contributed by atoms with Crippen molar-refractivity contribution in [3.8, 4) is 0 Å². The second kappa shape index (κ2) is 5.32. The van der Waals surface area contributed by atoms with Gasteiger partial charge in [-0.05, 0) is 24.3 Å². The number of rotatable bonds is 2. The molecule has 1 nitrogen and oxygen atoms in total. The summed E-state index contributed by atoms with van der Waals surface area (Å²) in [5, 5.41) is 10.3. The minimum Gasteiger partial charge on any atom is -0.388 e. The van der Waals surface area contributed by atoms with E-state index in [0.29, 0.717) is 5.92 Å². The summed E-state index contributed by atoms with van der Waals surface area (Å²) in [5.41, 5.74) is 1.09. The molecule has 0 spiro atoms. The van der Waals surface area contributed by atoms with E-state index >= 15 is 0 Å². The van der Waals surface area contributed by atoms with E-state index in [0.717, 1.165) is 5.56 Å². The maximum absolute atomic E-state index is 10.3. The molecule has 1 fully saturated rings. The SMILES string of the molecule is O[C@@H](c1ccccc1)C1CCCCCC1. The van der Waals surface area contributed by atoms with Crippen molar-refractivity contribution in [3.63, 3.8) is 0 Å². The van der Waals surface area contributed by atoms with Gasteiger partial charge < -0.3 is 5.11 Å². The monoisotopic (exact) mass is 204 g/mol. The fourth-order valence-corrected chi connectivity index (χ4v) is 2.55. The lowest BCUT2D eigenvalue weighted by atomic mass is 9.89. The van der Waals surface area contributed by atoms with Gasteiger partial charge >= 0.3 is 0 Å². The van der Waals surface area contributed by atoms with E-state index in [9.17, 15) is 5.11 Å². The highest BCUT2D eigenvalue weighted by Crippen LogP contribution is 2.33. The molecule has 0 amide bonds. The molecule has 1 aromatic rings. The minimum absolute atomic E-state index is 0.246. The van der Waals surface area contributed by atoms with E-state index < -0.39 is 0 Å². The molecule has 0 heterocycles. The van der Waals surface area contributed by atoms with Gasteiger partial charge in [-0.15, -0.1) is 0 Å². The van der Waals surface area contributed by atoms with Crippen LogP contribution in [0.1, 0.15) is 50.2 Å². The van der Waals surface area contributed by atoms with Gasteiger partial charge in [0.25, 0.3) is 0 Å². The summed E-state index contributed by atoms with van der Waals surface area (Å²) in [7, 11) is 0. The van der Waals surface area contributed by atoms with Gasteiger partial charge in [0.2, 0.25) is 0 Å². The molecule has 0 bridgehead atoms. The second-order valence-corrected chi connectivity index (χ2v) is 4.61. The number of benzene rings is 1. The van der Waals surface area contributed by atoms with Gasteiger partial charge in [0.1, 0.15) is 0 Å². The molecule has 1 saturated carbocycles. The molecule has 1 aromatic carbocycles. The van der Waals surface area contributed by atoms with E-state index in [1.54, 1.807) is 0 Å². The van der Waals surface area contributed by atoms with Crippen LogP contribution >= 0.6 is 0 Å². The Labute approximate surface area is 92.1 Å². The number of aliphatic hydroxyl groups is 1. The minimum atomic E-state index is -0.246. The van der Waals surface area contributed by atoms with Gasteiger partial charge in [-0.3, -0.25) is 0 Å². The summed E-state index contributed by atoms with van der Waals surface area (Å²) in [4.78, 5) is 0. The van der Waals surface area contributed by atoms with E-state index in [4.69, 9.17) is 0 Å². The van der Waals surface area contributed by atoms with Crippen LogP contribution in [0.15, 0.2) is 30.3 Å². The van der Waals surface area contributed by atoms with Crippen LogP contribution in [0.3, 0.4) is 0 Å². The smallest absolute Gasteiger partial charge is 0.0818 e. The zero-order valence-electron chi connectivity index (χ0n) is 9.23. The van der Waals surface area contributed by atoms with E-state index in [1.807, 2.05) is 30.3 Å². The Hall–Kier alpha value is -0.820. The van der Waals surface area contributed by atoms with E-state index in [-0.39, 0.29) is 6.10 Å². The van der Waals surface area contributed by atoms with Crippen molar-refractivity contribution >= 4 is 0 Å². The summed E-state index contributed by atoms with van der Waals surface area (Å²) in [6, 6.07) is 10.1. The topological polar surface area (TPSA) is 20.2 Å². The summed E-state index contributed by atoms with van der Waals surface area (Å²) in [6.07, 6.45) is 7.40. The molecular weight excluding hydrogens is 184 g/mol. The van der Waals surface area contributed by atoms with E-state index in [1.165, 1.54) is 38.5 Å². The van der Waals surface area contributed by atoms with E-state index in [2.05, 4.69) is 0 Å². The van der Waals surface area contributed by atoms with Gasteiger partial charge in [-0.2, -0.15) is 0 Å². The first-order chi connectivity index (χ1) is 7.38. The van der Waals surface area contributed by atoms with Gasteiger partial charge in [-0.25, -0.2) is 0 Å². The van der Waals surface area contributed by atoms with Crippen molar-refractivity contribution in [1.29, 1.82) is 0 Å². The Kier molecular flexibility index (Phi) is 3.79. The number of hydrogen-bond donors (Lipinski definition) is 1. The Morgan fingerprint density at radius 2 is 1.53 bits per heavy atom. The first kappa shape index (κ1) is 10.7. The van der Waals surface area contributed by atoms with Gasteiger partial charge in [0.05, 0.1) is 6.10 Å². The fourth-order valence-electron chi connectivity index (χ4n) is 2.55. The zero-order valence-corrected chi connectivity index (χ0v) is 9.23. The molecule has 0 unspecified atom stereocenters. The third-order valence-corrected chi connectivity index (χ3v) is 3.49. The summed E-state index contributed by atoms with van der Waals surface area (Å²) in [5.74, 6) is 0.481. The zero-order chi connectivity index (χ0) is 10.5. The first-order valence-electron chi connectivity index (χ1n) is 6.11. The normalized spacial score (nSPS) is 20.9.